The van der Waals surface area contributed by atoms with E-state index in [1.165, 1.54) is 15.5 Å². The van der Waals surface area contributed by atoms with Crippen LogP contribution in [-0.2, 0) is 0 Å². The molecule has 0 fully saturated rings. The van der Waals surface area contributed by atoms with Gasteiger partial charge in [-0.05, 0) is 25.5 Å². The molecule has 2 nitrogen and oxygen atoms in total. The van der Waals surface area contributed by atoms with Gasteiger partial charge in [0.2, 0.25) is 0 Å². The molecule has 0 amide bonds. The first-order valence-electron chi connectivity index (χ1n) is 4.19. The van der Waals surface area contributed by atoms with Gasteiger partial charge >= 0.3 is 0 Å². The highest BCUT2D eigenvalue weighted by molar-refractivity contribution is 7.12. The molecule has 0 unspecified atom stereocenters. The number of nitrogens with one attached hydrogen (secondary N) is 1. The standard InChI is InChI=1S/C9H12N2S/c1-7-5-11-9(12-7)8-3-2-4-10-6-8/h3,5,10H,2,4,6H2,1H3. The van der Waals surface area contributed by atoms with E-state index in [9.17, 15) is 0 Å². The van der Waals surface area contributed by atoms with Crippen LogP contribution in [0.4, 0.5) is 0 Å². The lowest BCUT2D eigenvalue weighted by Gasteiger charge is -2.11. The Morgan fingerprint density at radius 1 is 1.58 bits per heavy atom. The van der Waals surface area contributed by atoms with Crippen molar-refractivity contribution in [1.29, 1.82) is 0 Å². The summed E-state index contributed by atoms with van der Waals surface area (Å²) < 4.78 is 0. The van der Waals surface area contributed by atoms with Crippen LogP contribution in [0, 0.1) is 6.92 Å². The topological polar surface area (TPSA) is 24.9 Å². The summed E-state index contributed by atoms with van der Waals surface area (Å²) >= 11 is 1.77. The fourth-order valence-electron chi connectivity index (χ4n) is 1.31. The number of aromatic nitrogens is 1. The highest BCUT2D eigenvalue weighted by Crippen LogP contribution is 2.21. The Labute approximate surface area is 76.3 Å². The second-order valence-corrected chi connectivity index (χ2v) is 4.21. The second-order valence-electron chi connectivity index (χ2n) is 2.97. The monoisotopic (exact) mass is 180 g/mol. The van der Waals surface area contributed by atoms with Gasteiger partial charge in [0.15, 0.2) is 0 Å². The summed E-state index contributed by atoms with van der Waals surface area (Å²) in [6, 6.07) is 0. The van der Waals surface area contributed by atoms with E-state index in [1.54, 1.807) is 11.3 Å². The Morgan fingerprint density at radius 2 is 2.50 bits per heavy atom. The van der Waals surface area contributed by atoms with E-state index in [0.717, 1.165) is 19.5 Å². The predicted octanol–water partition coefficient (Wildman–Crippen LogP) is 1.83. The number of hydrogen-bond donors (Lipinski definition) is 1. The minimum Gasteiger partial charge on any atom is -0.312 e. The third-order valence-corrected chi connectivity index (χ3v) is 2.91. The largest absolute Gasteiger partial charge is 0.312 e. The fourth-order valence-corrected chi connectivity index (χ4v) is 2.11. The molecule has 1 aromatic rings. The van der Waals surface area contributed by atoms with Crippen molar-refractivity contribution >= 4 is 16.9 Å². The molecule has 2 heterocycles. The number of rotatable bonds is 1. The van der Waals surface area contributed by atoms with E-state index in [0.29, 0.717) is 0 Å². The summed E-state index contributed by atoms with van der Waals surface area (Å²) in [7, 11) is 0. The first kappa shape index (κ1) is 7.95. The molecule has 0 aromatic carbocycles. The van der Waals surface area contributed by atoms with Gasteiger partial charge in [-0.15, -0.1) is 11.3 Å². The average molecular weight is 180 g/mol. The molecule has 0 saturated heterocycles. The van der Waals surface area contributed by atoms with Crippen molar-refractivity contribution < 1.29 is 0 Å². The smallest absolute Gasteiger partial charge is 0.120 e. The van der Waals surface area contributed by atoms with Crippen molar-refractivity contribution in [3.8, 4) is 0 Å². The van der Waals surface area contributed by atoms with Gasteiger partial charge in [-0.1, -0.05) is 6.08 Å². The zero-order valence-corrected chi connectivity index (χ0v) is 7.95. The number of thiazole rings is 1. The van der Waals surface area contributed by atoms with Crippen molar-refractivity contribution in [3.05, 3.63) is 22.2 Å². The molecule has 1 aliphatic heterocycles. The maximum absolute atomic E-state index is 4.35. The number of aryl methyl sites for hydroxylation is 1. The van der Waals surface area contributed by atoms with E-state index < -0.39 is 0 Å². The Hall–Kier alpha value is -0.670. The molecule has 0 radical (unpaired) electrons. The van der Waals surface area contributed by atoms with Crippen molar-refractivity contribution in [2.75, 3.05) is 13.1 Å². The molecular formula is C9H12N2S. The molecule has 0 saturated carbocycles. The van der Waals surface area contributed by atoms with Crippen LogP contribution in [0.3, 0.4) is 0 Å². The first-order chi connectivity index (χ1) is 5.86. The van der Waals surface area contributed by atoms with E-state index in [4.69, 9.17) is 0 Å². The summed E-state index contributed by atoms with van der Waals surface area (Å²) in [5.41, 5.74) is 1.36. The van der Waals surface area contributed by atoms with E-state index in [2.05, 4.69) is 23.3 Å². The molecule has 1 aliphatic rings. The molecule has 1 aromatic heterocycles. The fraction of sp³-hybridized carbons (Fsp3) is 0.444. The number of nitrogens with zero attached hydrogens (tertiary/aromatic N) is 1. The van der Waals surface area contributed by atoms with Crippen LogP contribution in [0.5, 0.6) is 0 Å². The zero-order chi connectivity index (χ0) is 8.39. The minimum absolute atomic E-state index is 0.979. The molecule has 12 heavy (non-hydrogen) atoms. The van der Waals surface area contributed by atoms with E-state index in [1.807, 2.05) is 6.20 Å². The van der Waals surface area contributed by atoms with Crippen molar-refractivity contribution in [2.24, 2.45) is 0 Å². The minimum atomic E-state index is 0.979. The molecule has 2 rings (SSSR count). The lowest BCUT2D eigenvalue weighted by molar-refractivity contribution is 0.738. The normalized spacial score (nSPS) is 17.6. The van der Waals surface area contributed by atoms with Crippen LogP contribution in [0.2, 0.25) is 0 Å². The Bertz CT molecular complexity index is 301. The van der Waals surface area contributed by atoms with Crippen LogP contribution in [-0.4, -0.2) is 18.1 Å². The van der Waals surface area contributed by atoms with Crippen LogP contribution >= 0.6 is 11.3 Å². The Morgan fingerprint density at radius 3 is 3.08 bits per heavy atom. The Kier molecular flexibility index (Phi) is 2.23. The molecular weight excluding hydrogens is 168 g/mol. The summed E-state index contributed by atoms with van der Waals surface area (Å²) in [4.78, 5) is 5.64. The van der Waals surface area contributed by atoms with E-state index in [-0.39, 0.29) is 0 Å². The molecule has 0 aliphatic carbocycles. The lowest BCUT2D eigenvalue weighted by atomic mass is 10.2. The number of hydrogen-bond acceptors (Lipinski definition) is 3. The summed E-state index contributed by atoms with van der Waals surface area (Å²) in [5.74, 6) is 0. The van der Waals surface area contributed by atoms with Crippen molar-refractivity contribution in [2.45, 2.75) is 13.3 Å². The van der Waals surface area contributed by atoms with Gasteiger partial charge in [-0.3, -0.25) is 0 Å². The SMILES string of the molecule is Cc1cnc(C2=CCCNC2)s1. The Balaban J connectivity index is 2.23. The van der Waals surface area contributed by atoms with Crippen LogP contribution in [0.1, 0.15) is 16.3 Å². The molecule has 64 valence electrons. The van der Waals surface area contributed by atoms with Gasteiger partial charge in [0.1, 0.15) is 5.01 Å². The maximum atomic E-state index is 4.35. The van der Waals surface area contributed by atoms with E-state index >= 15 is 0 Å². The summed E-state index contributed by atoms with van der Waals surface area (Å²) in [6.45, 7) is 4.18. The average Bonchev–Trinajstić information content (AvgIpc) is 2.54. The zero-order valence-electron chi connectivity index (χ0n) is 7.13. The highest BCUT2D eigenvalue weighted by Gasteiger charge is 2.07. The van der Waals surface area contributed by atoms with Gasteiger partial charge in [0.05, 0.1) is 0 Å². The van der Waals surface area contributed by atoms with Gasteiger partial charge < -0.3 is 5.32 Å². The van der Waals surface area contributed by atoms with Crippen molar-refractivity contribution in [1.82, 2.24) is 10.3 Å². The van der Waals surface area contributed by atoms with Crippen molar-refractivity contribution in [3.63, 3.8) is 0 Å². The van der Waals surface area contributed by atoms with Gasteiger partial charge in [0, 0.05) is 17.6 Å². The summed E-state index contributed by atoms with van der Waals surface area (Å²) in [5, 5.41) is 4.52. The lowest BCUT2D eigenvalue weighted by Crippen LogP contribution is -2.21. The third kappa shape index (κ3) is 1.57. The molecule has 1 N–H and O–H groups in total. The second kappa shape index (κ2) is 3.37. The predicted molar refractivity (Wildman–Crippen MR) is 52.3 cm³/mol. The van der Waals surface area contributed by atoms with Crippen LogP contribution in [0.25, 0.3) is 5.57 Å². The molecule has 0 spiro atoms. The van der Waals surface area contributed by atoms with Gasteiger partial charge in [0.25, 0.3) is 0 Å². The van der Waals surface area contributed by atoms with Gasteiger partial charge in [-0.25, -0.2) is 4.98 Å². The molecule has 3 heteroatoms. The van der Waals surface area contributed by atoms with Gasteiger partial charge in [-0.2, -0.15) is 0 Å². The first-order valence-corrected chi connectivity index (χ1v) is 5.00. The third-order valence-electron chi connectivity index (χ3n) is 1.92. The molecule has 0 atom stereocenters. The quantitative estimate of drug-likeness (QED) is 0.713. The maximum Gasteiger partial charge on any atom is 0.120 e. The van der Waals surface area contributed by atoms with Crippen LogP contribution in [0.15, 0.2) is 12.3 Å². The van der Waals surface area contributed by atoms with Crippen LogP contribution < -0.4 is 5.32 Å². The summed E-state index contributed by atoms with van der Waals surface area (Å²) in [6.07, 6.45) is 5.36. The molecule has 0 bridgehead atoms. The highest BCUT2D eigenvalue weighted by atomic mass is 32.1.